The van der Waals surface area contributed by atoms with Gasteiger partial charge in [-0.2, -0.15) is 0 Å². The number of halogens is 1. The van der Waals surface area contributed by atoms with E-state index in [2.05, 4.69) is 38.0 Å². The average Bonchev–Trinajstić information content (AvgIpc) is 2.28. The Bertz CT molecular complexity index is 379. The maximum absolute atomic E-state index is 11.9. The minimum absolute atomic E-state index is 0.0922. The van der Waals surface area contributed by atoms with Crippen molar-refractivity contribution >= 4 is 17.5 Å². The van der Waals surface area contributed by atoms with Crippen molar-refractivity contribution in [2.45, 2.75) is 27.7 Å². The highest BCUT2D eigenvalue weighted by molar-refractivity contribution is 6.29. The van der Waals surface area contributed by atoms with E-state index in [4.69, 9.17) is 11.6 Å². The molecule has 1 aromatic heterocycles. The zero-order valence-corrected chi connectivity index (χ0v) is 12.2. The molecule has 0 unspecified atom stereocenters. The molecule has 18 heavy (non-hydrogen) atoms. The molecule has 0 bridgehead atoms. The first-order valence-electron chi connectivity index (χ1n) is 6.31. The molecule has 0 aliphatic carbocycles. The Hall–Kier alpha value is -1.09. The number of hydrogen-bond acceptors (Lipinski definition) is 2. The van der Waals surface area contributed by atoms with Crippen molar-refractivity contribution in [3.8, 4) is 0 Å². The first-order valence-corrected chi connectivity index (χ1v) is 6.69. The first kappa shape index (κ1) is 15.0. The van der Waals surface area contributed by atoms with E-state index in [9.17, 15) is 4.79 Å². The number of hydrogen-bond donors (Lipinski definition) is 1. The Morgan fingerprint density at radius 3 is 2.33 bits per heavy atom. The minimum atomic E-state index is -0.0922. The third-order valence-corrected chi connectivity index (χ3v) is 3.42. The zero-order valence-electron chi connectivity index (χ0n) is 11.4. The van der Waals surface area contributed by atoms with Crippen molar-refractivity contribution < 1.29 is 4.79 Å². The molecule has 0 aromatic carbocycles. The predicted octanol–water partition coefficient (Wildman–Crippen LogP) is 3.39. The van der Waals surface area contributed by atoms with Gasteiger partial charge in [-0.25, -0.2) is 4.98 Å². The fourth-order valence-corrected chi connectivity index (χ4v) is 2.18. The number of pyridine rings is 1. The third kappa shape index (κ3) is 4.30. The first-order chi connectivity index (χ1) is 8.41. The summed E-state index contributed by atoms with van der Waals surface area (Å²) >= 11 is 5.68. The summed E-state index contributed by atoms with van der Waals surface area (Å²) in [6.07, 6.45) is 1.50. The van der Waals surface area contributed by atoms with Gasteiger partial charge in [-0.1, -0.05) is 39.3 Å². The van der Waals surface area contributed by atoms with E-state index in [1.807, 2.05) is 0 Å². The molecule has 1 rings (SSSR count). The highest BCUT2D eigenvalue weighted by Crippen LogP contribution is 2.19. The van der Waals surface area contributed by atoms with Crippen molar-refractivity contribution in [3.63, 3.8) is 0 Å². The summed E-state index contributed by atoms with van der Waals surface area (Å²) in [7, 11) is 0. The molecule has 0 atom stereocenters. The lowest BCUT2D eigenvalue weighted by molar-refractivity contribution is 0.0937. The second kappa shape index (κ2) is 6.74. The standard InChI is InChI=1S/C14H21ClN2O/c1-9(2)12(10(3)4)8-17-14(18)11-5-6-13(15)16-7-11/h5-7,9-10,12H,8H2,1-4H3,(H,17,18). The number of amides is 1. The lowest BCUT2D eigenvalue weighted by Crippen LogP contribution is -2.33. The number of carbonyl (C=O) groups excluding carboxylic acids is 1. The summed E-state index contributed by atoms with van der Waals surface area (Å²) in [5.41, 5.74) is 0.547. The van der Waals surface area contributed by atoms with Crippen LogP contribution in [0.4, 0.5) is 0 Å². The number of nitrogens with zero attached hydrogens (tertiary/aromatic N) is 1. The fraction of sp³-hybridized carbons (Fsp3) is 0.571. The van der Waals surface area contributed by atoms with Gasteiger partial charge < -0.3 is 5.32 Å². The van der Waals surface area contributed by atoms with Crippen LogP contribution in [0.15, 0.2) is 18.3 Å². The van der Waals surface area contributed by atoms with E-state index in [0.717, 1.165) is 0 Å². The SMILES string of the molecule is CC(C)C(CNC(=O)c1ccc(Cl)nc1)C(C)C. The molecular weight excluding hydrogens is 248 g/mol. The molecule has 1 amide bonds. The topological polar surface area (TPSA) is 42.0 Å². The maximum atomic E-state index is 11.9. The van der Waals surface area contributed by atoms with Gasteiger partial charge in [0.15, 0.2) is 0 Å². The molecule has 0 fully saturated rings. The molecule has 4 heteroatoms. The van der Waals surface area contributed by atoms with E-state index in [1.54, 1.807) is 12.1 Å². The van der Waals surface area contributed by atoms with Gasteiger partial charge in [-0.15, -0.1) is 0 Å². The van der Waals surface area contributed by atoms with Gasteiger partial charge in [-0.3, -0.25) is 4.79 Å². The predicted molar refractivity (Wildman–Crippen MR) is 74.7 cm³/mol. The Morgan fingerprint density at radius 1 is 1.28 bits per heavy atom. The second-order valence-corrected chi connectivity index (χ2v) is 5.62. The van der Waals surface area contributed by atoms with Gasteiger partial charge in [0.1, 0.15) is 5.15 Å². The van der Waals surface area contributed by atoms with Gasteiger partial charge in [0.25, 0.3) is 5.91 Å². The fourth-order valence-electron chi connectivity index (χ4n) is 2.06. The van der Waals surface area contributed by atoms with Gasteiger partial charge in [-0.05, 0) is 29.9 Å². The van der Waals surface area contributed by atoms with Crippen LogP contribution in [0.3, 0.4) is 0 Å². The summed E-state index contributed by atoms with van der Waals surface area (Å²) in [4.78, 5) is 15.8. The van der Waals surface area contributed by atoms with Gasteiger partial charge in [0, 0.05) is 12.7 Å². The number of aromatic nitrogens is 1. The lowest BCUT2D eigenvalue weighted by Gasteiger charge is -2.25. The molecule has 3 nitrogen and oxygen atoms in total. The second-order valence-electron chi connectivity index (χ2n) is 5.23. The van der Waals surface area contributed by atoms with Gasteiger partial charge in [0.2, 0.25) is 0 Å². The largest absolute Gasteiger partial charge is 0.352 e. The van der Waals surface area contributed by atoms with E-state index >= 15 is 0 Å². The van der Waals surface area contributed by atoms with Crippen LogP contribution in [0.2, 0.25) is 5.15 Å². The molecule has 0 aliphatic heterocycles. The minimum Gasteiger partial charge on any atom is -0.352 e. The zero-order chi connectivity index (χ0) is 13.7. The molecule has 0 spiro atoms. The van der Waals surface area contributed by atoms with Crippen LogP contribution in [0.25, 0.3) is 0 Å². The van der Waals surface area contributed by atoms with E-state index in [-0.39, 0.29) is 5.91 Å². The maximum Gasteiger partial charge on any atom is 0.252 e. The molecule has 0 aliphatic rings. The van der Waals surface area contributed by atoms with Crippen molar-refractivity contribution in [1.29, 1.82) is 0 Å². The Labute approximate surface area is 114 Å². The Morgan fingerprint density at radius 2 is 1.89 bits per heavy atom. The molecule has 0 radical (unpaired) electrons. The van der Waals surface area contributed by atoms with Crippen LogP contribution in [0.1, 0.15) is 38.1 Å². The molecule has 0 saturated heterocycles. The monoisotopic (exact) mass is 268 g/mol. The molecule has 100 valence electrons. The van der Waals surface area contributed by atoms with Crippen molar-refractivity contribution in [2.24, 2.45) is 17.8 Å². The third-order valence-electron chi connectivity index (χ3n) is 3.20. The summed E-state index contributed by atoms with van der Waals surface area (Å²) < 4.78 is 0. The van der Waals surface area contributed by atoms with E-state index in [0.29, 0.717) is 35.0 Å². The summed E-state index contributed by atoms with van der Waals surface area (Å²) in [6, 6.07) is 3.31. The molecular formula is C14H21ClN2O. The Kier molecular flexibility index (Phi) is 5.60. The van der Waals surface area contributed by atoms with Crippen molar-refractivity contribution in [3.05, 3.63) is 29.0 Å². The highest BCUT2D eigenvalue weighted by Gasteiger charge is 2.18. The van der Waals surface area contributed by atoms with Gasteiger partial charge >= 0.3 is 0 Å². The van der Waals surface area contributed by atoms with E-state index < -0.39 is 0 Å². The van der Waals surface area contributed by atoms with Crippen LogP contribution >= 0.6 is 11.6 Å². The van der Waals surface area contributed by atoms with E-state index in [1.165, 1.54) is 6.20 Å². The van der Waals surface area contributed by atoms with Crippen LogP contribution in [0, 0.1) is 17.8 Å². The summed E-state index contributed by atoms with van der Waals surface area (Å²) in [5.74, 6) is 1.49. The van der Waals surface area contributed by atoms with Crippen molar-refractivity contribution in [1.82, 2.24) is 10.3 Å². The van der Waals surface area contributed by atoms with Crippen LogP contribution in [0.5, 0.6) is 0 Å². The van der Waals surface area contributed by atoms with Crippen LogP contribution in [-0.4, -0.2) is 17.4 Å². The number of carbonyl (C=O) groups is 1. The average molecular weight is 269 g/mol. The van der Waals surface area contributed by atoms with Crippen LogP contribution < -0.4 is 5.32 Å². The Balaban J connectivity index is 2.57. The molecule has 1 N–H and O–H groups in total. The smallest absolute Gasteiger partial charge is 0.252 e. The van der Waals surface area contributed by atoms with Crippen LogP contribution in [-0.2, 0) is 0 Å². The summed E-state index contributed by atoms with van der Waals surface area (Å²) in [5, 5.41) is 3.36. The lowest BCUT2D eigenvalue weighted by atomic mass is 9.85. The normalized spacial score (nSPS) is 11.3. The molecule has 0 saturated carbocycles. The molecule has 1 aromatic rings. The highest BCUT2D eigenvalue weighted by atomic mass is 35.5. The molecule has 1 heterocycles. The number of nitrogens with one attached hydrogen (secondary N) is 1. The number of rotatable bonds is 5. The van der Waals surface area contributed by atoms with Gasteiger partial charge in [0.05, 0.1) is 5.56 Å². The summed E-state index contributed by atoms with van der Waals surface area (Å²) in [6.45, 7) is 9.42. The quantitative estimate of drug-likeness (QED) is 0.832. The van der Waals surface area contributed by atoms with Crippen molar-refractivity contribution in [2.75, 3.05) is 6.54 Å².